The number of para-hydroxylation sites is 1. The van der Waals surface area contributed by atoms with Gasteiger partial charge in [-0.25, -0.2) is 0 Å². The van der Waals surface area contributed by atoms with Crippen LogP contribution in [0, 0.1) is 0 Å². The average molecular weight is 445 g/mol. The zero-order valence-electron chi connectivity index (χ0n) is 14.4. The van der Waals surface area contributed by atoms with E-state index < -0.39 is 0 Å². The molecular weight excluding hydrogens is 428 g/mol. The van der Waals surface area contributed by atoms with Crippen LogP contribution >= 0.6 is 27.7 Å². The number of thioether (sulfide) groups is 1. The minimum Gasteiger partial charge on any atom is -0.459 e. The van der Waals surface area contributed by atoms with Crippen LogP contribution in [-0.2, 0) is 4.79 Å². The third-order valence-corrected chi connectivity index (χ3v) is 5.44. The number of halogens is 1. The lowest BCUT2D eigenvalue weighted by atomic mass is 10.3. The quantitative estimate of drug-likeness (QED) is 0.498. The molecule has 0 aliphatic carbocycles. The van der Waals surface area contributed by atoms with Gasteiger partial charge in [0.05, 0.1) is 17.2 Å². The van der Waals surface area contributed by atoms with Crippen molar-refractivity contribution in [1.82, 2.24) is 0 Å². The van der Waals surface area contributed by atoms with Crippen LogP contribution in [0.25, 0.3) is 0 Å². The summed E-state index contributed by atoms with van der Waals surface area (Å²) in [5.74, 6) is -0.173. The summed E-state index contributed by atoms with van der Waals surface area (Å²) in [6, 6.07) is 18.1. The number of amides is 2. The molecule has 1 atom stereocenters. The lowest BCUT2D eigenvalue weighted by Gasteiger charge is -2.13. The van der Waals surface area contributed by atoms with Crippen LogP contribution in [0.3, 0.4) is 0 Å². The summed E-state index contributed by atoms with van der Waals surface area (Å²) in [4.78, 5) is 25.4. The molecule has 2 amide bonds. The van der Waals surface area contributed by atoms with Crippen LogP contribution in [-0.4, -0.2) is 17.1 Å². The Bertz CT molecular complexity index is 944. The summed E-state index contributed by atoms with van der Waals surface area (Å²) in [6.07, 6.45) is 1.45. The summed E-state index contributed by atoms with van der Waals surface area (Å²) in [5, 5.41) is 5.38. The zero-order chi connectivity index (χ0) is 19.2. The minimum atomic E-state index is -0.318. The number of benzene rings is 2. The van der Waals surface area contributed by atoms with E-state index in [0.29, 0.717) is 5.69 Å². The average Bonchev–Trinajstić information content (AvgIpc) is 3.19. The highest BCUT2D eigenvalue weighted by Gasteiger charge is 2.16. The van der Waals surface area contributed by atoms with Crippen LogP contribution in [0.2, 0.25) is 0 Å². The maximum absolute atomic E-state index is 12.5. The number of rotatable bonds is 6. The van der Waals surface area contributed by atoms with Crippen molar-refractivity contribution in [3.63, 3.8) is 0 Å². The number of anilines is 2. The number of hydrogen-bond acceptors (Lipinski definition) is 4. The summed E-state index contributed by atoms with van der Waals surface area (Å²) < 4.78 is 5.92. The summed E-state index contributed by atoms with van der Waals surface area (Å²) in [5.41, 5.74) is 1.37. The van der Waals surface area contributed by atoms with E-state index in [0.717, 1.165) is 15.1 Å². The van der Waals surface area contributed by atoms with Gasteiger partial charge in [0, 0.05) is 15.1 Å². The Morgan fingerprint density at radius 2 is 1.85 bits per heavy atom. The first kappa shape index (κ1) is 19.3. The van der Waals surface area contributed by atoms with E-state index in [4.69, 9.17) is 4.42 Å². The zero-order valence-corrected chi connectivity index (χ0v) is 16.8. The van der Waals surface area contributed by atoms with Crippen molar-refractivity contribution in [3.05, 3.63) is 77.2 Å². The largest absolute Gasteiger partial charge is 0.459 e. The molecule has 0 radical (unpaired) electrons. The van der Waals surface area contributed by atoms with Gasteiger partial charge in [0.15, 0.2) is 5.76 Å². The Hall–Kier alpha value is -2.51. The molecule has 0 fully saturated rings. The third kappa shape index (κ3) is 5.24. The molecule has 2 N–H and O–H groups in total. The second-order valence-electron chi connectivity index (χ2n) is 5.69. The van der Waals surface area contributed by atoms with Gasteiger partial charge in [-0.05, 0) is 65.3 Å². The standard InChI is InChI=1S/C20H17BrN2O3S/c1-13(19(24)23-17-9-3-2-8-16(17)21)27-15-7-4-6-14(12-15)22-20(25)18-10-5-11-26-18/h2-13H,1H3,(H,22,25)(H,23,24). The molecule has 1 aromatic heterocycles. The SMILES string of the molecule is CC(Sc1cccc(NC(=O)c2ccco2)c1)C(=O)Nc1ccccc1Br. The Morgan fingerprint density at radius 1 is 1.04 bits per heavy atom. The fraction of sp³-hybridized carbons (Fsp3) is 0.100. The van der Waals surface area contributed by atoms with Crippen LogP contribution in [0.4, 0.5) is 11.4 Å². The van der Waals surface area contributed by atoms with Crippen molar-refractivity contribution < 1.29 is 14.0 Å². The monoisotopic (exact) mass is 444 g/mol. The topological polar surface area (TPSA) is 71.3 Å². The van der Waals surface area contributed by atoms with Gasteiger partial charge < -0.3 is 15.1 Å². The molecule has 3 rings (SSSR count). The van der Waals surface area contributed by atoms with E-state index in [9.17, 15) is 9.59 Å². The number of carbonyl (C=O) groups is 2. The van der Waals surface area contributed by atoms with Gasteiger partial charge in [-0.2, -0.15) is 0 Å². The molecule has 0 saturated carbocycles. The van der Waals surface area contributed by atoms with Crippen molar-refractivity contribution in [3.8, 4) is 0 Å². The minimum absolute atomic E-state index is 0.100. The molecule has 0 aliphatic rings. The highest BCUT2D eigenvalue weighted by atomic mass is 79.9. The fourth-order valence-electron chi connectivity index (χ4n) is 2.30. The van der Waals surface area contributed by atoms with Crippen LogP contribution in [0.15, 0.2) is 80.7 Å². The third-order valence-electron chi connectivity index (χ3n) is 3.65. The van der Waals surface area contributed by atoms with E-state index >= 15 is 0 Å². The van der Waals surface area contributed by atoms with E-state index in [1.807, 2.05) is 49.4 Å². The second-order valence-corrected chi connectivity index (χ2v) is 7.96. The van der Waals surface area contributed by atoms with Crippen molar-refractivity contribution in [2.75, 3.05) is 10.6 Å². The molecular formula is C20H17BrN2O3S. The number of nitrogens with one attached hydrogen (secondary N) is 2. The Balaban J connectivity index is 1.62. The van der Waals surface area contributed by atoms with E-state index in [-0.39, 0.29) is 22.8 Å². The lowest BCUT2D eigenvalue weighted by molar-refractivity contribution is -0.115. The summed E-state index contributed by atoms with van der Waals surface area (Å²) in [6.45, 7) is 1.84. The highest BCUT2D eigenvalue weighted by molar-refractivity contribution is 9.10. The molecule has 0 bridgehead atoms. The molecule has 2 aromatic carbocycles. The molecule has 3 aromatic rings. The molecule has 27 heavy (non-hydrogen) atoms. The van der Waals surface area contributed by atoms with E-state index in [1.54, 1.807) is 18.2 Å². The van der Waals surface area contributed by atoms with Crippen molar-refractivity contribution >= 4 is 50.9 Å². The van der Waals surface area contributed by atoms with E-state index in [1.165, 1.54) is 18.0 Å². The predicted octanol–water partition coefficient (Wildman–Crippen LogP) is 5.41. The molecule has 1 unspecified atom stereocenters. The molecule has 138 valence electrons. The summed E-state index contributed by atoms with van der Waals surface area (Å²) in [7, 11) is 0. The Morgan fingerprint density at radius 3 is 2.59 bits per heavy atom. The van der Waals surface area contributed by atoms with Crippen molar-refractivity contribution in [2.45, 2.75) is 17.1 Å². The predicted molar refractivity (Wildman–Crippen MR) is 111 cm³/mol. The van der Waals surface area contributed by atoms with E-state index in [2.05, 4.69) is 26.6 Å². The molecule has 7 heteroatoms. The molecule has 5 nitrogen and oxygen atoms in total. The van der Waals surface area contributed by atoms with Gasteiger partial charge in [0.1, 0.15) is 0 Å². The van der Waals surface area contributed by atoms with Crippen LogP contribution in [0.5, 0.6) is 0 Å². The first-order valence-corrected chi connectivity index (χ1v) is 9.87. The van der Waals surface area contributed by atoms with Gasteiger partial charge in [0.2, 0.25) is 5.91 Å². The summed E-state index contributed by atoms with van der Waals surface area (Å²) >= 11 is 4.83. The first-order valence-electron chi connectivity index (χ1n) is 8.20. The van der Waals surface area contributed by atoms with Crippen molar-refractivity contribution in [2.24, 2.45) is 0 Å². The molecule has 0 spiro atoms. The molecule has 0 aliphatic heterocycles. The maximum atomic E-state index is 12.5. The smallest absolute Gasteiger partial charge is 0.291 e. The fourth-order valence-corrected chi connectivity index (χ4v) is 3.61. The maximum Gasteiger partial charge on any atom is 0.291 e. The molecule has 0 saturated heterocycles. The number of hydrogen-bond donors (Lipinski definition) is 2. The van der Waals surface area contributed by atoms with Crippen molar-refractivity contribution in [1.29, 1.82) is 0 Å². The van der Waals surface area contributed by atoms with Gasteiger partial charge in [-0.15, -0.1) is 11.8 Å². The van der Waals surface area contributed by atoms with Crippen LogP contribution in [0.1, 0.15) is 17.5 Å². The second kappa shape index (κ2) is 8.92. The van der Waals surface area contributed by atoms with Gasteiger partial charge in [-0.3, -0.25) is 9.59 Å². The van der Waals surface area contributed by atoms with Crippen LogP contribution < -0.4 is 10.6 Å². The Kier molecular flexibility index (Phi) is 6.36. The van der Waals surface area contributed by atoms with Gasteiger partial charge >= 0.3 is 0 Å². The lowest BCUT2D eigenvalue weighted by Crippen LogP contribution is -2.22. The normalized spacial score (nSPS) is 11.6. The highest BCUT2D eigenvalue weighted by Crippen LogP contribution is 2.28. The van der Waals surface area contributed by atoms with Gasteiger partial charge in [-0.1, -0.05) is 18.2 Å². The first-order chi connectivity index (χ1) is 13.0. The molecule has 1 heterocycles. The number of carbonyl (C=O) groups excluding carboxylic acids is 2. The van der Waals surface area contributed by atoms with Gasteiger partial charge in [0.25, 0.3) is 5.91 Å². The number of furan rings is 1. The Labute approximate surface area is 169 Å².